The first kappa shape index (κ1) is 19.6. The highest BCUT2D eigenvalue weighted by Crippen LogP contribution is 2.27. The van der Waals surface area contributed by atoms with Gasteiger partial charge in [0.15, 0.2) is 11.0 Å². The van der Waals surface area contributed by atoms with Gasteiger partial charge < -0.3 is 15.0 Å². The monoisotopic (exact) mass is 402 g/mol. The van der Waals surface area contributed by atoms with Crippen molar-refractivity contribution in [2.45, 2.75) is 31.7 Å². The van der Waals surface area contributed by atoms with E-state index in [4.69, 9.17) is 0 Å². The molecule has 0 saturated heterocycles. The lowest BCUT2D eigenvalue weighted by Crippen LogP contribution is -2.29. The smallest absolute Gasteiger partial charge is 0.230 e. The van der Waals surface area contributed by atoms with Gasteiger partial charge in [-0.15, -0.1) is 21.5 Å². The highest BCUT2D eigenvalue weighted by atomic mass is 32.2. The minimum atomic E-state index is -0.718. The number of thioether (sulfide) groups is 1. The number of hydrogen-bond acceptors (Lipinski definition) is 6. The number of aliphatic hydroxyl groups excluding tert-OH is 1. The molecule has 0 spiro atoms. The van der Waals surface area contributed by atoms with Crippen molar-refractivity contribution in [2.24, 2.45) is 0 Å². The van der Waals surface area contributed by atoms with Gasteiger partial charge in [0.05, 0.1) is 16.7 Å². The van der Waals surface area contributed by atoms with Crippen LogP contribution in [0.4, 0.5) is 0 Å². The molecule has 27 heavy (non-hydrogen) atoms. The van der Waals surface area contributed by atoms with Crippen LogP contribution in [-0.4, -0.2) is 38.1 Å². The van der Waals surface area contributed by atoms with Gasteiger partial charge >= 0.3 is 0 Å². The van der Waals surface area contributed by atoms with E-state index in [1.807, 2.05) is 60.2 Å². The van der Waals surface area contributed by atoms with Gasteiger partial charge in [0.25, 0.3) is 0 Å². The van der Waals surface area contributed by atoms with E-state index in [1.54, 1.807) is 11.3 Å². The number of benzene rings is 1. The van der Waals surface area contributed by atoms with Crippen LogP contribution in [0.2, 0.25) is 0 Å². The zero-order valence-corrected chi connectivity index (χ0v) is 16.9. The third kappa shape index (κ3) is 4.97. The Morgan fingerprint density at radius 3 is 2.74 bits per heavy atom. The third-order valence-electron chi connectivity index (χ3n) is 4.06. The van der Waals surface area contributed by atoms with Gasteiger partial charge in [-0.1, -0.05) is 47.7 Å². The summed E-state index contributed by atoms with van der Waals surface area (Å²) in [6.45, 7) is 4.94. The molecule has 2 aromatic heterocycles. The van der Waals surface area contributed by atoms with Crippen molar-refractivity contribution in [3.05, 3.63) is 52.9 Å². The van der Waals surface area contributed by atoms with Crippen molar-refractivity contribution in [2.75, 3.05) is 12.3 Å². The van der Waals surface area contributed by atoms with Crippen LogP contribution in [0, 0.1) is 6.92 Å². The summed E-state index contributed by atoms with van der Waals surface area (Å²) in [6.07, 6.45) is -0.718. The average Bonchev–Trinajstić information content (AvgIpc) is 3.33. The Kier molecular flexibility index (Phi) is 6.65. The highest BCUT2D eigenvalue weighted by molar-refractivity contribution is 7.99. The summed E-state index contributed by atoms with van der Waals surface area (Å²) in [6, 6.07) is 11.6. The van der Waals surface area contributed by atoms with Gasteiger partial charge in [-0.25, -0.2) is 0 Å². The van der Waals surface area contributed by atoms with Gasteiger partial charge in [0.2, 0.25) is 5.91 Å². The van der Waals surface area contributed by atoms with E-state index in [0.29, 0.717) is 0 Å². The number of aryl methyl sites for hydroxylation is 1. The number of amides is 1. The molecule has 8 heteroatoms. The Morgan fingerprint density at radius 2 is 2.07 bits per heavy atom. The molecule has 1 unspecified atom stereocenters. The second kappa shape index (κ2) is 9.16. The zero-order chi connectivity index (χ0) is 19.2. The molecule has 6 nitrogen and oxygen atoms in total. The zero-order valence-electron chi connectivity index (χ0n) is 15.3. The summed E-state index contributed by atoms with van der Waals surface area (Å²) in [5.41, 5.74) is 1.92. The molecule has 0 aliphatic heterocycles. The normalized spacial score (nSPS) is 12.1. The van der Waals surface area contributed by atoms with Crippen LogP contribution in [0.3, 0.4) is 0 Å². The van der Waals surface area contributed by atoms with Crippen LogP contribution < -0.4 is 5.32 Å². The predicted octanol–water partition coefficient (Wildman–Crippen LogP) is 3.28. The Hall–Kier alpha value is -2.16. The lowest BCUT2D eigenvalue weighted by Gasteiger charge is -2.12. The van der Waals surface area contributed by atoms with Crippen molar-refractivity contribution in [1.29, 1.82) is 0 Å². The number of nitrogens with zero attached hydrogens (tertiary/aromatic N) is 3. The summed E-state index contributed by atoms with van der Waals surface area (Å²) in [5.74, 6) is 0.906. The fourth-order valence-electron chi connectivity index (χ4n) is 2.57. The lowest BCUT2D eigenvalue weighted by atomic mass is 10.1. The number of thiophene rings is 1. The molecule has 2 N–H and O–H groups in total. The van der Waals surface area contributed by atoms with Crippen LogP contribution in [0.5, 0.6) is 0 Å². The molecule has 0 aliphatic carbocycles. The van der Waals surface area contributed by atoms with Crippen molar-refractivity contribution < 1.29 is 9.90 Å². The first-order valence-corrected chi connectivity index (χ1v) is 10.6. The standard InChI is InChI=1S/C19H22N4O2S2/c1-3-23-18(16-5-4-10-26-16)21-22-19(23)27-12-17(25)20-11-15(24)14-8-6-13(2)7-9-14/h4-10,15,24H,3,11-12H2,1-2H3,(H,20,25). The van der Waals surface area contributed by atoms with Crippen LogP contribution in [0.15, 0.2) is 46.9 Å². The summed E-state index contributed by atoms with van der Waals surface area (Å²) in [4.78, 5) is 13.2. The number of aliphatic hydroxyl groups is 1. The molecule has 0 fully saturated rings. The quantitative estimate of drug-likeness (QED) is 0.565. The molecule has 0 bridgehead atoms. The topological polar surface area (TPSA) is 80.0 Å². The summed E-state index contributed by atoms with van der Waals surface area (Å²) < 4.78 is 2.00. The van der Waals surface area contributed by atoms with Gasteiger partial charge in [-0.3, -0.25) is 4.79 Å². The van der Waals surface area contributed by atoms with E-state index in [2.05, 4.69) is 15.5 Å². The van der Waals surface area contributed by atoms with Gasteiger partial charge in [0, 0.05) is 13.1 Å². The van der Waals surface area contributed by atoms with Gasteiger partial charge in [0.1, 0.15) is 0 Å². The summed E-state index contributed by atoms with van der Waals surface area (Å²) in [5, 5.41) is 24.2. The molecule has 3 aromatic rings. The van der Waals surface area contributed by atoms with Gasteiger partial charge in [-0.05, 0) is 30.9 Å². The Bertz CT molecular complexity index is 876. The number of carbonyl (C=O) groups excluding carboxylic acids is 1. The maximum absolute atomic E-state index is 12.1. The molecule has 142 valence electrons. The first-order chi connectivity index (χ1) is 13.1. The second-order valence-corrected chi connectivity index (χ2v) is 7.94. The predicted molar refractivity (Wildman–Crippen MR) is 109 cm³/mol. The molecule has 0 saturated carbocycles. The van der Waals surface area contributed by atoms with Crippen LogP contribution >= 0.6 is 23.1 Å². The van der Waals surface area contributed by atoms with Crippen LogP contribution in [-0.2, 0) is 11.3 Å². The first-order valence-electron chi connectivity index (χ1n) is 8.69. The third-order valence-corrected chi connectivity index (χ3v) is 5.89. The van der Waals surface area contributed by atoms with E-state index >= 15 is 0 Å². The molecule has 1 amide bonds. The number of carbonyl (C=O) groups is 1. The maximum atomic E-state index is 12.1. The van der Waals surface area contributed by atoms with E-state index in [1.165, 1.54) is 11.8 Å². The van der Waals surface area contributed by atoms with Gasteiger partial charge in [-0.2, -0.15) is 0 Å². The lowest BCUT2D eigenvalue weighted by molar-refractivity contribution is -0.119. The van der Waals surface area contributed by atoms with E-state index in [0.717, 1.165) is 33.5 Å². The number of nitrogens with one attached hydrogen (secondary N) is 1. The second-order valence-electron chi connectivity index (χ2n) is 6.05. The summed E-state index contributed by atoms with van der Waals surface area (Å²) >= 11 is 2.96. The van der Waals surface area contributed by atoms with Crippen LogP contribution in [0.25, 0.3) is 10.7 Å². The van der Waals surface area contributed by atoms with E-state index in [9.17, 15) is 9.90 Å². The summed E-state index contributed by atoms with van der Waals surface area (Å²) in [7, 11) is 0. The molecule has 2 heterocycles. The minimum Gasteiger partial charge on any atom is -0.387 e. The van der Waals surface area contributed by atoms with Crippen molar-refractivity contribution in [1.82, 2.24) is 20.1 Å². The highest BCUT2D eigenvalue weighted by Gasteiger charge is 2.15. The SMILES string of the molecule is CCn1c(SCC(=O)NCC(O)c2ccc(C)cc2)nnc1-c1cccs1. The molecular formula is C19H22N4O2S2. The molecule has 1 aromatic carbocycles. The fourth-order valence-corrected chi connectivity index (χ4v) is 4.12. The van der Waals surface area contributed by atoms with Crippen molar-refractivity contribution in [3.8, 4) is 10.7 Å². The van der Waals surface area contributed by atoms with Crippen LogP contribution in [0.1, 0.15) is 24.2 Å². The molecule has 0 radical (unpaired) electrons. The van der Waals surface area contributed by atoms with E-state index < -0.39 is 6.10 Å². The largest absolute Gasteiger partial charge is 0.387 e. The Labute approximate surface area is 166 Å². The molecular weight excluding hydrogens is 380 g/mol. The maximum Gasteiger partial charge on any atom is 0.230 e. The van der Waals surface area contributed by atoms with E-state index in [-0.39, 0.29) is 18.2 Å². The number of aromatic nitrogens is 3. The average molecular weight is 403 g/mol. The van der Waals surface area contributed by atoms with Crippen molar-refractivity contribution >= 4 is 29.0 Å². The Balaban J connectivity index is 1.53. The molecule has 3 rings (SSSR count). The fraction of sp³-hybridized carbons (Fsp3) is 0.316. The minimum absolute atomic E-state index is 0.144. The Morgan fingerprint density at radius 1 is 1.30 bits per heavy atom. The molecule has 0 aliphatic rings. The van der Waals surface area contributed by atoms with Crippen molar-refractivity contribution in [3.63, 3.8) is 0 Å². The molecule has 1 atom stereocenters. The number of hydrogen-bond donors (Lipinski definition) is 2. The number of rotatable bonds is 8.